The van der Waals surface area contributed by atoms with Gasteiger partial charge in [-0.3, -0.25) is 0 Å². The van der Waals surface area contributed by atoms with Crippen molar-refractivity contribution >= 4 is 9.84 Å². The molecule has 0 N–H and O–H groups in total. The van der Waals surface area contributed by atoms with Gasteiger partial charge in [-0.25, -0.2) is 8.42 Å². The SMILES string of the molecule is CO[C@@H](C)c1ccc(C2CCS(=O)(=O)C2)cc1. The average Bonchev–Trinajstić information content (AvgIpc) is 2.69. The van der Waals surface area contributed by atoms with Crippen molar-refractivity contribution in [3.05, 3.63) is 35.4 Å². The van der Waals surface area contributed by atoms with Gasteiger partial charge in [-0.2, -0.15) is 0 Å². The third kappa shape index (κ3) is 2.87. The van der Waals surface area contributed by atoms with E-state index in [1.807, 2.05) is 31.2 Å². The monoisotopic (exact) mass is 254 g/mol. The zero-order valence-corrected chi connectivity index (χ0v) is 11.0. The maximum Gasteiger partial charge on any atom is 0.150 e. The molecule has 1 aliphatic rings. The summed E-state index contributed by atoms with van der Waals surface area (Å²) in [6, 6.07) is 8.09. The predicted molar refractivity (Wildman–Crippen MR) is 67.9 cm³/mol. The molecule has 1 heterocycles. The largest absolute Gasteiger partial charge is 0.377 e. The molecule has 0 bridgehead atoms. The number of rotatable bonds is 3. The summed E-state index contributed by atoms with van der Waals surface area (Å²) in [6.45, 7) is 2.00. The third-order valence-corrected chi connectivity index (χ3v) is 5.23. The second kappa shape index (κ2) is 4.78. The minimum absolute atomic E-state index is 0.0800. The van der Waals surface area contributed by atoms with Crippen LogP contribution in [0.15, 0.2) is 24.3 Å². The number of hydrogen-bond acceptors (Lipinski definition) is 3. The molecule has 94 valence electrons. The Labute approximate surface area is 103 Å². The average molecular weight is 254 g/mol. The van der Waals surface area contributed by atoms with Crippen LogP contribution in [0.25, 0.3) is 0 Å². The highest BCUT2D eigenvalue weighted by atomic mass is 32.2. The molecule has 2 rings (SSSR count). The number of ether oxygens (including phenoxy) is 1. The summed E-state index contributed by atoms with van der Waals surface area (Å²) in [5, 5.41) is 0. The van der Waals surface area contributed by atoms with E-state index in [1.165, 1.54) is 0 Å². The van der Waals surface area contributed by atoms with Crippen molar-refractivity contribution in [3.63, 3.8) is 0 Å². The second-order valence-electron chi connectivity index (χ2n) is 4.64. The second-order valence-corrected chi connectivity index (χ2v) is 6.87. The zero-order valence-electron chi connectivity index (χ0n) is 10.2. The first-order valence-corrected chi connectivity index (χ1v) is 7.67. The van der Waals surface area contributed by atoms with Crippen molar-refractivity contribution in [1.29, 1.82) is 0 Å². The number of sulfone groups is 1. The van der Waals surface area contributed by atoms with Gasteiger partial charge in [0.1, 0.15) is 0 Å². The minimum Gasteiger partial charge on any atom is -0.377 e. The van der Waals surface area contributed by atoms with Gasteiger partial charge in [0.05, 0.1) is 17.6 Å². The van der Waals surface area contributed by atoms with Gasteiger partial charge >= 0.3 is 0 Å². The molecule has 1 saturated heterocycles. The molecule has 0 aromatic heterocycles. The smallest absolute Gasteiger partial charge is 0.150 e. The third-order valence-electron chi connectivity index (χ3n) is 3.46. The van der Waals surface area contributed by atoms with Crippen LogP contribution in [0.2, 0.25) is 0 Å². The first kappa shape index (κ1) is 12.6. The van der Waals surface area contributed by atoms with Crippen molar-refractivity contribution < 1.29 is 13.2 Å². The molecule has 4 heteroatoms. The molecule has 0 radical (unpaired) electrons. The lowest BCUT2D eigenvalue weighted by Gasteiger charge is -2.12. The number of methoxy groups -OCH3 is 1. The molecular weight excluding hydrogens is 236 g/mol. The molecule has 0 saturated carbocycles. The Morgan fingerprint density at radius 3 is 2.41 bits per heavy atom. The van der Waals surface area contributed by atoms with E-state index in [4.69, 9.17) is 4.74 Å². The van der Waals surface area contributed by atoms with Crippen LogP contribution in [-0.2, 0) is 14.6 Å². The summed E-state index contributed by atoms with van der Waals surface area (Å²) in [6.07, 6.45) is 0.831. The van der Waals surface area contributed by atoms with Gasteiger partial charge < -0.3 is 4.74 Å². The Hall–Kier alpha value is -0.870. The lowest BCUT2D eigenvalue weighted by Crippen LogP contribution is -2.04. The Morgan fingerprint density at radius 2 is 1.94 bits per heavy atom. The molecule has 1 aromatic rings. The van der Waals surface area contributed by atoms with E-state index in [9.17, 15) is 8.42 Å². The zero-order chi connectivity index (χ0) is 12.5. The first-order chi connectivity index (χ1) is 8.02. The maximum atomic E-state index is 11.4. The molecule has 1 fully saturated rings. The first-order valence-electron chi connectivity index (χ1n) is 5.85. The molecule has 1 aromatic carbocycles. The normalized spacial score (nSPS) is 24.7. The Morgan fingerprint density at radius 1 is 1.29 bits per heavy atom. The van der Waals surface area contributed by atoms with Gasteiger partial charge in [-0.05, 0) is 30.4 Å². The van der Waals surface area contributed by atoms with Crippen LogP contribution in [0, 0.1) is 0 Å². The Balaban J connectivity index is 2.14. The van der Waals surface area contributed by atoms with E-state index in [2.05, 4.69) is 0 Å². The predicted octanol–water partition coefficient (Wildman–Crippen LogP) is 2.30. The van der Waals surface area contributed by atoms with Gasteiger partial charge in [-0.1, -0.05) is 24.3 Å². The van der Waals surface area contributed by atoms with Crippen LogP contribution >= 0.6 is 0 Å². The number of benzene rings is 1. The highest BCUT2D eigenvalue weighted by molar-refractivity contribution is 7.91. The summed E-state index contributed by atoms with van der Waals surface area (Å²) >= 11 is 0. The molecule has 3 nitrogen and oxygen atoms in total. The summed E-state index contributed by atoms with van der Waals surface area (Å²) in [5.41, 5.74) is 2.25. The van der Waals surface area contributed by atoms with Crippen LogP contribution in [0.5, 0.6) is 0 Å². The molecule has 0 aliphatic carbocycles. The van der Waals surface area contributed by atoms with Crippen molar-refractivity contribution in [2.75, 3.05) is 18.6 Å². The van der Waals surface area contributed by atoms with Crippen LogP contribution in [-0.4, -0.2) is 27.0 Å². The van der Waals surface area contributed by atoms with Gasteiger partial charge in [0.2, 0.25) is 0 Å². The maximum absolute atomic E-state index is 11.4. The lowest BCUT2D eigenvalue weighted by molar-refractivity contribution is 0.119. The van der Waals surface area contributed by atoms with Crippen LogP contribution in [0.4, 0.5) is 0 Å². The van der Waals surface area contributed by atoms with Gasteiger partial charge in [0.15, 0.2) is 9.84 Å². The highest BCUT2D eigenvalue weighted by Gasteiger charge is 2.28. The molecule has 1 aliphatic heterocycles. The van der Waals surface area contributed by atoms with Crippen molar-refractivity contribution in [1.82, 2.24) is 0 Å². The standard InChI is InChI=1S/C13H18O3S/c1-10(16-2)11-3-5-12(6-4-11)13-7-8-17(14,15)9-13/h3-6,10,13H,7-9H2,1-2H3/t10-,13?/m0/s1. The van der Waals surface area contributed by atoms with E-state index in [0.717, 1.165) is 17.5 Å². The van der Waals surface area contributed by atoms with Crippen LogP contribution < -0.4 is 0 Å². The molecule has 2 atom stereocenters. The van der Waals surface area contributed by atoms with E-state index >= 15 is 0 Å². The van der Waals surface area contributed by atoms with Crippen LogP contribution in [0.1, 0.15) is 36.5 Å². The lowest BCUT2D eigenvalue weighted by atomic mass is 9.97. The summed E-state index contributed by atoms with van der Waals surface area (Å²) in [7, 11) is -1.12. The van der Waals surface area contributed by atoms with Gasteiger partial charge in [0, 0.05) is 7.11 Å². The Bertz CT molecular complexity index is 476. The fraction of sp³-hybridized carbons (Fsp3) is 0.538. The summed E-state index contributed by atoms with van der Waals surface area (Å²) < 4.78 is 28.1. The molecular formula is C13H18O3S. The van der Waals surface area contributed by atoms with Crippen LogP contribution in [0.3, 0.4) is 0 Å². The molecule has 1 unspecified atom stereocenters. The van der Waals surface area contributed by atoms with E-state index in [0.29, 0.717) is 11.5 Å². The van der Waals surface area contributed by atoms with Crippen molar-refractivity contribution in [2.45, 2.75) is 25.4 Å². The fourth-order valence-electron chi connectivity index (χ4n) is 2.23. The van der Waals surface area contributed by atoms with Crippen molar-refractivity contribution in [2.24, 2.45) is 0 Å². The van der Waals surface area contributed by atoms with E-state index in [-0.39, 0.29) is 12.0 Å². The van der Waals surface area contributed by atoms with E-state index < -0.39 is 9.84 Å². The fourth-order valence-corrected chi connectivity index (χ4v) is 4.02. The molecule has 17 heavy (non-hydrogen) atoms. The summed E-state index contributed by atoms with van der Waals surface area (Å²) in [5.74, 6) is 0.798. The molecule has 0 amide bonds. The number of hydrogen-bond donors (Lipinski definition) is 0. The quantitative estimate of drug-likeness (QED) is 0.831. The van der Waals surface area contributed by atoms with Crippen molar-refractivity contribution in [3.8, 4) is 0 Å². The van der Waals surface area contributed by atoms with Gasteiger partial charge in [0.25, 0.3) is 0 Å². The summed E-state index contributed by atoms with van der Waals surface area (Å²) in [4.78, 5) is 0. The Kier molecular flexibility index (Phi) is 3.54. The highest BCUT2D eigenvalue weighted by Crippen LogP contribution is 2.29. The van der Waals surface area contributed by atoms with E-state index in [1.54, 1.807) is 7.11 Å². The van der Waals surface area contributed by atoms with Gasteiger partial charge in [-0.15, -0.1) is 0 Å². The minimum atomic E-state index is -2.80. The topological polar surface area (TPSA) is 43.4 Å². The molecule has 0 spiro atoms.